The van der Waals surface area contributed by atoms with Crippen LogP contribution in [0.2, 0.25) is 0 Å². The number of carbonyl (C=O) groups excluding carboxylic acids is 1. The largest absolute Gasteiger partial charge is 0.381 e. The van der Waals surface area contributed by atoms with Crippen LogP contribution in [0.15, 0.2) is 53.4 Å². The monoisotopic (exact) mass is 389 g/mol. The van der Waals surface area contributed by atoms with Crippen molar-refractivity contribution >= 4 is 21.6 Å². The maximum absolute atomic E-state index is 12.2. The first-order valence-electron chi connectivity index (χ1n) is 8.82. The maximum atomic E-state index is 12.2. The molecule has 0 saturated heterocycles. The summed E-state index contributed by atoms with van der Waals surface area (Å²) in [7, 11) is -0.406. The molecule has 0 aliphatic carbocycles. The highest BCUT2D eigenvalue weighted by Gasteiger charge is 2.17. The smallest absolute Gasteiger partial charge is 0.242 e. The predicted octanol–water partition coefficient (Wildman–Crippen LogP) is 2.62. The van der Waals surface area contributed by atoms with Crippen molar-refractivity contribution in [1.29, 1.82) is 0 Å². The van der Waals surface area contributed by atoms with Crippen molar-refractivity contribution in [3.63, 3.8) is 0 Å². The minimum Gasteiger partial charge on any atom is -0.381 e. The van der Waals surface area contributed by atoms with E-state index in [-0.39, 0.29) is 16.8 Å². The second kappa shape index (κ2) is 9.01. The Hall–Kier alpha value is -2.38. The molecule has 6 nitrogen and oxygen atoms in total. The summed E-state index contributed by atoms with van der Waals surface area (Å²) in [6, 6.07) is 14.7. The second-order valence-electron chi connectivity index (χ2n) is 6.88. The average molecular weight is 390 g/mol. The standard InChI is InChI=1S/C20H27N3O3S/c1-15(2)22-20(24)13-16-8-10-18(11-9-16)21-14-17-6-5-7-19(12-17)27(25,26)23(3)4/h5-12,15,21H,13-14H2,1-4H3,(H,22,24). The number of rotatable bonds is 8. The van der Waals surface area contributed by atoms with Crippen LogP contribution < -0.4 is 10.6 Å². The molecule has 27 heavy (non-hydrogen) atoms. The third-order valence-electron chi connectivity index (χ3n) is 3.94. The van der Waals surface area contributed by atoms with Gasteiger partial charge in [-0.2, -0.15) is 0 Å². The number of amides is 1. The van der Waals surface area contributed by atoms with Gasteiger partial charge in [0, 0.05) is 32.4 Å². The number of carbonyl (C=O) groups is 1. The second-order valence-corrected chi connectivity index (χ2v) is 9.04. The van der Waals surface area contributed by atoms with Gasteiger partial charge in [-0.3, -0.25) is 4.79 Å². The van der Waals surface area contributed by atoms with E-state index in [4.69, 9.17) is 0 Å². The van der Waals surface area contributed by atoms with E-state index in [1.54, 1.807) is 18.2 Å². The van der Waals surface area contributed by atoms with Crippen molar-refractivity contribution in [2.45, 2.75) is 37.8 Å². The van der Waals surface area contributed by atoms with E-state index in [1.165, 1.54) is 18.4 Å². The Morgan fingerprint density at radius 2 is 1.70 bits per heavy atom. The molecule has 0 bridgehead atoms. The number of hydrogen-bond donors (Lipinski definition) is 2. The van der Waals surface area contributed by atoms with Gasteiger partial charge in [0.2, 0.25) is 15.9 Å². The zero-order chi connectivity index (χ0) is 20.0. The summed E-state index contributed by atoms with van der Waals surface area (Å²) < 4.78 is 25.6. The molecule has 0 atom stereocenters. The fourth-order valence-corrected chi connectivity index (χ4v) is 3.50. The van der Waals surface area contributed by atoms with Crippen molar-refractivity contribution in [3.05, 3.63) is 59.7 Å². The molecule has 0 heterocycles. The highest BCUT2D eigenvalue weighted by molar-refractivity contribution is 7.89. The van der Waals surface area contributed by atoms with E-state index in [2.05, 4.69) is 10.6 Å². The lowest BCUT2D eigenvalue weighted by Gasteiger charge is -2.13. The molecule has 2 N–H and O–H groups in total. The average Bonchev–Trinajstić information content (AvgIpc) is 2.60. The number of hydrogen-bond acceptors (Lipinski definition) is 4. The van der Waals surface area contributed by atoms with E-state index in [0.717, 1.165) is 16.8 Å². The molecule has 2 aromatic carbocycles. The van der Waals surface area contributed by atoms with Crippen molar-refractivity contribution < 1.29 is 13.2 Å². The first kappa shape index (κ1) is 20.9. The summed E-state index contributed by atoms with van der Waals surface area (Å²) in [5, 5.41) is 6.14. The molecular weight excluding hydrogens is 362 g/mol. The Morgan fingerprint density at radius 1 is 1.04 bits per heavy atom. The van der Waals surface area contributed by atoms with Gasteiger partial charge in [-0.1, -0.05) is 24.3 Å². The quantitative estimate of drug-likeness (QED) is 0.727. The van der Waals surface area contributed by atoms with Gasteiger partial charge in [0.05, 0.1) is 11.3 Å². The molecule has 0 radical (unpaired) electrons. The van der Waals surface area contributed by atoms with E-state index < -0.39 is 10.0 Å². The highest BCUT2D eigenvalue weighted by Crippen LogP contribution is 2.17. The van der Waals surface area contributed by atoms with Crippen LogP contribution in [0.25, 0.3) is 0 Å². The van der Waals surface area contributed by atoms with Gasteiger partial charge >= 0.3 is 0 Å². The lowest BCUT2D eigenvalue weighted by Crippen LogP contribution is -2.31. The number of benzene rings is 2. The Kier molecular flexibility index (Phi) is 6.98. The predicted molar refractivity (Wildman–Crippen MR) is 108 cm³/mol. The van der Waals surface area contributed by atoms with Gasteiger partial charge in [0.25, 0.3) is 0 Å². The summed E-state index contributed by atoms with van der Waals surface area (Å²) in [4.78, 5) is 12.1. The SMILES string of the molecule is CC(C)NC(=O)Cc1ccc(NCc2cccc(S(=O)(=O)N(C)C)c2)cc1. The van der Waals surface area contributed by atoms with Crippen molar-refractivity contribution in [3.8, 4) is 0 Å². The van der Waals surface area contributed by atoms with Crippen LogP contribution in [0, 0.1) is 0 Å². The van der Waals surface area contributed by atoms with Crippen molar-refractivity contribution in [2.24, 2.45) is 0 Å². The first-order valence-corrected chi connectivity index (χ1v) is 10.3. The van der Waals surface area contributed by atoms with Gasteiger partial charge < -0.3 is 10.6 Å². The first-order chi connectivity index (χ1) is 12.7. The van der Waals surface area contributed by atoms with Crippen LogP contribution in [0.5, 0.6) is 0 Å². The molecule has 0 spiro atoms. The topological polar surface area (TPSA) is 78.5 Å². The zero-order valence-corrected chi connectivity index (χ0v) is 17.0. The minimum atomic E-state index is -3.44. The Morgan fingerprint density at radius 3 is 2.30 bits per heavy atom. The minimum absolute atomic E-state index is 0.00428. The van der Waals surface area contributed by atoms with E-state index >= 15 is 0 Å². The molecule has 2 aromatic rings. The van der Waals surface area contributed by atoms with Crippen LogP contribution in [-0.2, 0) is 27.8 Å². The maximum Gasteiger partial charge on any atom is 0.242 e. The Balaban J connectivity index is 1.98. The summed E-state index contributed by atoms with van der Waals surface area (Å²) >= 11 is 0. The van der Waals surface area contributed by atoms with E-state index in [9.17, 15) is 13.2 Å². The van der Waals surface area contributed by atoms with Crippen LogP contribution in [0.4, 0.5) is 5.69 Å². The molecule has 0 unspecified atom stereocenters. The van der Waals surface area contributed by atoms with Gasteiger partial charge in [-0.15, -0.1) is 0 Å². The van der Waals surface area contributed by atoms with Crippen LogP contribution >= 0.6 is 0 Å². The van der Waals surface area contributed by atoms with Crippen LogP contribution in [0.3, 0.4) is 0 Å². The zero-order valence-electron chi connectivity index (χ0n) is 16.2. The summed E-state index contributed by atoms with van der Waals surface area (Å²) in [5.41, 5.74) is 2.72. The molecule has 146 valence electrons. The summed E-state index contributed by atoms with van der Waals surface area (Å²) in [6.07, 6.45) is 0.350. The number of anilines is 1. The third kappa shape index (κ3) is 6.08. The van der Waals surface area contributed by atoms with Gasteiger partial charge in [0.1, 0.15) is 0 Å². The lowest BCUT2D eigenvalue weighted by molar-refractivity contribution is -0.120. The fourth-order valence-electron chi connectivity index (χ4n) is 2.53. The van der Waals surface area contributed by atoms with E-state index in [0.29, 0.717) is 13.0 Å². The molecule has 0 fully saturated rings. The lowest BCUT2D eigenvalue weighted by atomic mass is 10.1. The normalized spacial score (nSPS) is 11.6. The van der Waals surface area contributed by atoms with Crippen LogP contribution in [0.1, 0.15) is 25.0 Å². The van der Waals surface area contributed by atoms with Gasteiger partial charge in [0.15, 0.2) is 0 Å². The number of sulfonamides is 1. The molecule has 0 saturated carbocycles. The molecule has 1 amide bonds. The molecule has 0 aliphatic rings. The van der Waals surface area contributed by atoms with Crippen molar-refractivity contribution in [2.75, 3.05) is 19.4 Å². The molecular formula is C20H27N3O3S. The summed E-state index contributed by atoms with van der Waals surface area (Å²) in [6.45, 7) is 4.37. The summed E-state index contributed by atoms with van der Waals surface area (Å²) in [5.74, 6) is 0.00428. The molecule has 0 aromatic heterocycles. The fraction of sp³-hybridized carbons (Fsp3) is 0.350. The Labute approximate surface area is 161 Å². The van der Waals surface area contributed by atoms with Crippen molar-refractivity contribution in [1.82, 2.24) is 9.62 Å². The molecule has 0 aliphatic heterocycles. The number of nitrogens with one attached hydrogen (secondary N) is 2. The molecule has 2 rings (SSSR count). The Bertz CT molecular complexity index is 876. The van der Waals surface area contributed by atoms with Crippen LogP contribution in [-0.4, -0.2) is 38.8 Å². The number of nitrogens with zero attached hydrogens (tertiary/aromatic N) is 1. The molecule has 7 heteroatoms. The van der Waals surface area contributed by atoms with E-state index in [1.807, 2.05) is 44.2 Å². The van der Waals surface area contributed by atoms with Gasteiger partial charge in [-0.25, -0.2) is 12.7 Å². The third-order valence-corrected chi connectivity index (χ3v) is 5.75. The van der Waals surface area contributed by atoms with Gasteiger partial charge in [-0.05, 0) is 49.2 Å². The highest BCUT2D eigenvalue weighted by atomic mass is 32.2.